The van der Waals surface area contributed by atoms with Crippen molar-refractivity contribution in [3.63, 3.8) is 0 Å². The van der Waals surface area contributed by atoms with Crippen LogP contribution >= 0.6 is 24.8 Å². The van der Waals surface area contributed by atoms with Gasteiger partial charge in [-0.1, -0.05) is 38.9 Å². The Morgan fingerprint density at radius 1 is 1.14 bits per heavy atom. The molecule has 0 bridgehead atoms. The molecule has 2 N–H and O–H groups in total. The van der Waals surface area contributed by atoms with Crippen LogP contribution in [0, 0.1) is 0 Å². The van der Waals surface area contributed by atoms with Crippen LogP contribution in [0.3, 0.4) is 0 Å². The monoisotopic (exact) mass is 321 g/mol. The molecule has 0 heterocycles. The number of hydrogen-bond acceptors (Lipinski definition) is 1. The second-order valence-corrected chi connectivity index (χ2v) is 4.09. The normalized spacial score (nSPS) is 8.50. The molecule has 0 radical (unpaired) electrons. The minimum Gasteiger partial charge on any atom is -0.412 e. The van der Waals surface area contributed by atoms with Crippen LogP contribution in [-0.4, -0.2) is 27.8 Å². The molecule has 2 nitrogen and oxygen atoms in total. The van der Waals surface area contributed by atoms with E-state index in [-0.39, 0.29) is 26.5 Å². The molecule has 0 saturated carbocycles. The van der Waals surface area contributed by atoms with Gasteiger partial charge in [-0.2, -0.15) is 0 Å². The summed E-state index contributed by atoms with van der Waals surface area (Å²) in [6.07, 6.45) is 4.87. The Bertz CT molecular complexity index is 128. The first-order valence-electron chi connectivity index (χ1n) is 4.70. The quantitative estimate of drug-likeness (QED) is 0.463. The molecule has 0 unspecified atom stereocenters. The summed E-state index contributed by atoms with van der Waals surface area (Å²) in [6, 6.07) is 0. The van der Waals surface area contributed by atoms with E-state index in [1.165, 1.54) is 25.7 Å². The van der Waals surface area contributed by atoms with Crippen molar-refractivity contribution in [2.45, 2.75) is 39.5 Å². The van der Waals surface area contributed by atoms with Gasteiger partial charge < -0.3 is 10.4 Å². The number of nitrogens with zero attached hydrogens (tertiary/aromatic N) is 1. The van der Waals surface area contributed by atoms with Gasteiger partial charge >= 0.3 is 0 Å². The first kappa shape index (κ1) is 20.3. The average molecular weight is 319 g/mol. The van der Waals surface area contributed by atoms with Crippen molar-refractivity contribution in [1.82, 2.24) is 4.90 Å². The zero-order valence-electron chi connectivity index (χ0n) is 8.95. The van der Waals surface area contributed by atoms with E-state index in [0.29, 0.717) is 0 Å². The average Bonchev–Trinajstić information content (AvgIpc) is 2.04. The molecule has 0 aromatic rings. The maximum atomic E-state index is 5.03. The zero-order chi connectivity index (χ0) is 9.40. The van der Waals surface area contributed by atoms with Crippen molar-refractivity contribution < 1.29 is 26.5 Å². The van der Waals surface area contributed by atoms with Gasteiger partial charge in [0, 0.05) is 34.2 Å². The molecule has 0 aromatic heterocycles. The third kappa shape index (κ3) is 11.0. The molecule has 0 aliphatic heterocycles. The van der Waals surface area contributed by atoms with Gasteiger partial charge in [-0.3, -0.25) is 0 Å². The van der Waals surface area contributed by atoms with Crippen molar-refractivity contribution in [1.29, 1.82) is 0 Å². The summed E-state index contributed by atoms with van der Waals surface area (Å²) in [4.78, 5) is 2.19. The Morgan fingerprint density at radius 2 is 1.50 bits per heavy atom. The zero-order valence-corrected chi connectivity index (χ0v) is 12.7. The first-order chi connectivity index (χ1) is 5.72. The van der Waals surface area contributed by atoms with Gasteiger partial charge in [-0.05, 0) is 12.8 Å². The van der Waals surface area contributed by atoms with Crippen LogP contribution < -0.4 is 0 Å². The van der Waals surface area contributed by atoms with E-state index in [1.54, 1.807) is 0 Å². The third-order valence-electron chi connectivity index (χ3n) is 1.83. The molecule has 5 heteroatoms. The van der Waals surface area contributed by atoms with Gasteiger partial charge in [-0.25, -0.2) is 0 Å². The molecule has 0 atom stereocenters. The molecular formula is C9H21MoNOS2. The fourth-order valence-corrected chi connectivity index (χ4v) is 1.38. The molecule has 0 saturated heterocycles. The van der Waals surface area contributed by atoms with Gasteiger partial charge in [0.1, 0.15) is 4.32 Å². The second-order valence-electron chi connectivity index (χ2n) is 2.98. The summed E-state index contributed by atoms with van der Waals surface area (Å²) in [5.41, 5.74) is 0. The molecule has 86 valence electrons. The molecule has 0 aliphatic rings. The van der Waals surface area contributed by atoms with Crippen LogP contribution in [0.2, 0.25) is 0 Å². The molecule has 14 heavy (non-hydrogen) atoms. The van der Waals surface area contributed by atoms with E-state index in [2.05, 4.69) is 31.4 Å². The number of unbranched alkanes of at least 4 members (excludes halogenated alkanes) is 2. The van der Waals surface area contributed by atoms with Crippen molar-refractivity contribution in [3.8, 4) is 0 Å². The van der Waals surface area contributed by atoms with E-state index in [1.807, 2.05) is 0 Å². The predicted octanol–water partition coefficient (Wildman–Crippen LogP) is 2.28. The Balaban J connectivity index is -0.000000605. The van der Waals surface area contributed by atoms with Gasteiger partial charge in [0.15, 0.2) is 0 Å². The molecule has 0 fully saturated rings. The predicted molar refractivity (Wildman–Crippen MR) is 66.6 cm³/mol. The number of thiol groups is 1. The van der Waals surface area contributed by atoms with Gasteiger partial charge in [0.2, 0.25) is 0 Å². The Hall–Kier alpha value is 0.888. The summed E-state index contributed by atoms with van der Waals surface area (Å²) >= 11 is 9.23. The largest absolute Gasteiger partial charge is 0.412 e. The van der Waals surface area contributed by atoms with Crippen molar-refractivity contribution >= 4 is 29.2 Å². The summed E-state index contributed by atoms with van der Waals surface area (Å²) in [7, 11) is 0. The number of hydrogen-bond donors (Lipinski definition) is 1. The fourth-order valence-electron chi connectivity index (χ4n) is 1.00. The Kier molecular flexibility index (Phi) is 20.2. The maximum Gasteiger partial charge on any atom is 0.133 e. The van der Waals surface area contributed by atoms with Gasteiger partial charge in [0.05, 0.1) is 0 Å². The van der Waals surface area contributed by atoms with E-state index in [4.69, 9.17) is 12.2 Å². The number of rotatable bonds is 6. The molecule has 0 aliphatic carbocycles. The van der Waals surface area contributed by atoms with Crippen LogP contribution in [0.15, 0.2) is 0 Å². The summed E-state index contributed by atoms with van der Waals surface area (Å²) < 4.78 is 0.747. The smallest absolute Gasteiger partial charge is 0.133 e. The maximum absolute atomic E-state index is 5.03. The minimum atomic E-state index is 0. The molecule has 0 spiro atoms. The van der Waals surface area contributed by atoms with Crippen LogP contribution in [0.1, 0.15) is 39.5 Å². The van der Waals surface area contributed by atoms with Crippen molar-refractivity contribution in [2.24, 2.45) is 0 Å². The number of thiocarbonyl (C=S) groups is 1. The third-order valence-corrected chi connectivity index (χ3v) is 2.37. The van der Waals surface area contributed by atoms with Crippen LogP contribution in [-0.2, 0) is 21.1 Å². The summed E-state index contributed by atoms with van der Waals surface area (Å²) in [6.45, 7) is 6.52. The van der Waals surface area contributed by atoms with E-state index in [0.717, 1.165) is 17.4 Å². The summed E-state index contributed by atoms with van der Waals surface area (Å²) in [5.74, 6) is 0. The minimum absolute atomic E-state index is 0. The summed E-state index contributed by atoms with van der Waals surface area (Å²) in [5, 5.41) is 0. The van der Waals surface area contributed by atoms with E-state index in [9.17, 15) is 0 Å². The standard InChI is InChI=1S/C9H19NS2.Mo.H2O/c1-3-5-7-10(9(11)12)8-6-4-2;;/h3-8H2,1-2H3,(H,11,12);;1H2. The first-order valence-corrected chi connectivity index (χ1v) is 5.55. The van der Waals surface area contributed by atoms with Gasteiger partial charge in [-0.15, -0.1) is 12.6 Å². The van der Waals surface area contributed by atoms with E-state index < -0.39 is 0 Å². The Morgan fingerprint density at radius 3 is 1.71 bits per heavy atom. The van der Waals surface area contributed by atoms with Crippen LogP contribution in [0.5, 0.6) is 0 Å². The van der Waals surface area contributed by atoms with Gasteiger partial charge in [0.25, 0.3) is 0 Å². The topological polar surface area (TPSA) is 34.7 Å². The van der Waals surface area contributed by atoms with Crippen LogP contribution in [0.25, 0.3) is 0 Å². The molecule has 0 aromatic carbocycles. The van der Waals surface area contributed by atoms with Crippen molar-refractivity contribution in [3.05, 3.63) is 0 Å². The second kappa shape index (κ2) is 13.9. The Labute approximate surface area is 113 Å². The molecular weight excluding hydrogens is 298 g/mol. The molecule has 0 rings (SSSR count). The fraction of sp³-hybridized carbons (Fsp3) is 0.889. The van der Waals surface area contributed by atoms with Crippen LogP contribution in [0.4, 0.5) is 0 Å². The van der Waals surface area contributed by atoms with E-state index >= 15 is 0 Å². The van der Waals surface area contributed by atoms with Crippen molar-refractivity contribution in [2.75, 3.05) is 13.1 Å². The molecule has 0 amide bonds. The SMILES string of the molecule is CCCCN(CCCC)C(=S)S.O.[Mo].